The van der Waals surface area contributed by atoms with E-state index in [2.05, 4.69) is 0 Å². The molecule has 0 atom stereocenters. The molecule has 0 amide bonds. The van der Waals surface area contributed by atoms with E-state index in [1.165, 1.54) is 0 Å². The molecule has 0 fully saturated rings. The summed E-state index contributed by atoms with van der Waals surface area (Å²) in [6.45, 7) is 0. The third-order valence-electron chi connectivity index (χ3n) is 0. The molecule has 7 heteroatoms. The Morgan fingerprint density at radius 3 is 1.14 bits per heavy atom. The third-order valence-corrected chi connectivity index (χ3v) is 0. The van der Waals surface area contributed by atoms with Crippen LogP contribution in [-0.4, -0.2) is 17.4 Å². The number of phosphoric acid groups is 1. The van der Waals surface area contributed by atoms with Crippen molar-refractivity contribution in [3.8, 4) is 0 Å². The van der Waals surface area contributed by atoms with E-state index < -0.39 is 7.82 Å². The van der Waals surface area contributed by atoms with Crippen LogP contribution in [0.15, 0.2) is 0 Å². The fourth-order valence-corrected chi connectivity index (χ4v) is 0. The van der Waals surface area contributed by atoms with Crippen molar-refractivity contribution in [2.45, 2.75) is 0 Å². The van der Waals surface area contributed by atoms with Gasteiger partial charge in [-0.15, -0.1) is 0 Å². The van der Waals surface area contributed by atoms with Gasteiger partial charge >= 0.3 is 35.9 Å². The predicted molar refractivity (Wildman–Crippen MR) is 13.4 cm³/mol. The van der Waals surface area contributed by atoms with Crippen molar-refractivity contribution in [1.29, 1.82) is 0 Å². The molecule has 0 aromatic carbocycles. The minimum absolute atomic E-state index is 0. The van der Waals surface area contributed by atoms with E-state index in [1.807, 2.05) is 0 Å². The van der Waals surface area contributed by atoms with Crippen LogP contribution in [0.4, 0.5) is 0 Å². The summed E-state index contributed by atoms with van der Waals surface area (Å²) in [6.07, 6.45) is 0. The Bertz CT molecular complexity index is 57.8. The van der Waals surface area contributed by atoms with Gasteiger partial charge in [-0.3, -0.25) is 0 Å². The maximum absolute atomic E-state index is 8.55. The van der Waals surface area contributed by atoms with E-state index in [1.54, 1.807) is 0 Å². The van der Waals surface area contributed by atoms with Gasteiger partial charge < -0.3 is 19.2 Å². The van der Waals surface area contributed by atoms with Crippen LogP contribution in [0.1, 0.15) is 0 Å². The molecule has 4 nitrogen and oxygen atoms in total. The van der Waals surface area contributed by atoms with Gasteiger partial charge in [-0.2, -0.15) is 7.82 Å². The van der Waals surface area contributed by atoms with Gasteiger partial charge in [0.05, 0.1) is 0 Å². The molecule has 0 aliphatic heterocycles. The van der Waals surface area contributed by atoms with Crippen molar-refractivity contribution < 1.29 is 37.8 Å². The molecule has 0 heterocycles. The summed E-state index contributed by atoms with van der Waals surface area (Å²) in [5.41, 5.74) is 0. The van der Waals surface area contributed by atoms with Gasteiger partial charge in [-0.05, 0) is 0 Å². The average molecular weight is 173 g/mol. The van der Waals surface area contributed by atoms with Gasteiger partial charge in [0.1, 0.15) is 0 Å². The zero-order valence-corrected chi connectivity index (χ0v) is 6.55. The van der Waals surface area contributed by atoms with Crippen molar-refractivity contribution in [3.63, 3.8) is 0 Å². The van der Waals surface area contributed by atoms with Gasteiger partial charge in [0, 0.05) is 0 Å². The summed E-state index contributed by atoms with van der Waals surface area (Å²) < 4.78 is 8.55. The Morgan fingerprint density at radius 2 is 1.14 bits per heavy atom. The molecule has 0 radical (unpaired) electrons. The number of rotatable bonds is 0. The van der Waals surface area contributed by atoms with Gasteiger partial charge in [0.25, 0.3) is 0 Å². The first-order valence-electron chi connectivity index (χ1n) is 0.730. The van der Waals surface area contributed by atoms with Crippen molar-refractivity contribution >= 4 is 25.2 Å². The van der Waals surface area contributed by atoms with Crippen LogP contribution in [0.5, 0.6) is 0 Å². The van der Waals surface area contributed by atoms with Crippen LogP contribution in [0.2, 0.25) is 0 Å². The Balaban J connectivity index is -0.0000000800. The minimum Gasteiger partial charge on any atom is -0.822 e. The van der Waals surface area contributed by atoms with Crippen LogP contribution >= 0.6 is 7.82 Å². The fourth-order valence-electron chi connectivity index (χ4n) is 0. The Hall–Kier alpha value is 1.23. The van der Waals surface area contributed by atoms with E-state index in [0.29, 0.717) is 0 Å². The van der Waals surface area contributed by atoms with Crippen molar-refractivity contribution in [2.24, 2.45) is 0 Å². The Morgan fingerprint density at radius 1 is 1.14 bits per heavy atom. The molecule has 0 saturated heterocycles. The minimum atomic E-state index is -5.39. The van der Waals surface area contributed by atoms with Gasteiger partial charge in [-0.1, -0.05) is 0 Å². The molecule has 0 rings (SSSR count). The summed E-state index contributed by atoms with van der Waals surface area (Å²) in [5.74, 6) is 0. The van der Waals surface area contributed by atoms with Crippen LogP contribution in [0.3, 0.4) is 0 Å². The van der Waals surface area contributed by atoms with Gasteiger partial charge in [0.15, 0.2) is 0 Å². The number of hydrogen-bond donors (Lipinski definition) is 0. The summed E-state index contributed by atoms with van der Waals surface area (Å²) in [4.78, 5) is 25.6. The molecule has 0 aliphatic carbocycles. The fraction of sp³-hybridized carbons (Fsp3) is 0. The quantitative estimate of drug-likeness (QED) is 0.285. The molecule has 0 aromatic heterocycles. The standard InChI is InChI=1S/Al.H3O4P.V/c;1-5(2,3)4;/h;(H3,1,2,3,4);/q+3;;+5/p-3. The van der Waals surface area contributed by atoms with Crippen LogP contribution in [0.25, 0.3) is 0 Å². The van der Waals surface area contributed by atoms with E-state index in [9.17, 15) is 0 Å². The Kier molecular flexibility index (Phi) is 12.1. The summed E-state index contributed by atoms with van der Waals surface area (Å²) in [7, 11) is -5.39. The topological polar surface area (TPSA) is 86.2 Å². The second-order valence-electron chi connectivity index (χ2n) is 0.447. The van der Waals surface area contributed by atoms with Gasteiger partial charge in [-0.25, -0.2) is 0 Å². The first-order chi connectivity index (χ1) is 2.00. The van der Waals surface area contributed by atoms with Crippen LogP contribution < -0.4 is 14.7 Å². The second kappa shape index (κ2) is 5.37. The molecule has 0 bridgehead atoms. The molecule has 0 saturated carbocycles. The maximum atomic E-state index is 8.55. The normalized spacial score (nSPS) is 8.43. The molecular formula is AlO4PV+5. The molecule has 32 valence electrons. The first kappa shape index (κ1) is 15.7. The molecule has 7 heavy (non-hydrogen) atoms. The zero-order chi connectivity index (χ0) is 4.50. The number of hydrogen-bond acceptors (Lipinski definition) is 4. The van der Waals surface area contributed by atoms with Crippen molar-refractivity contribution in [1.82, 2.24) is 0 Å². The monoisotopic (exact) mass is 173 g/mol. The van der Waals surface area contributed by atoms with E-state index in [-0.39, 0.29) is 35.9 Å². The third kappa shape index (κ3) is 131. The van der Waals surface area contributed by atoms with E-state index in [4.69, 9.17) is 19.2 Å². The second-order valence-corrected chi connectivity index (χ2v) is 1.34. The van der Waals surface area contributed by atoms with E-state index >= 15 is 0 Å². The summed E-state index contributed by atoms with van der Waals surface area (Å²) in [5, 5.41) is 0. The maximum Gasteiger partial charge on any atom is 5.00 e. The van der Waals surface area contributed by atoms with Crippen molar-refractivity contribution in [2.75, 3.05) is 0 Å². The van der Waals surface area contributed by atoms with Crippen LogP contribution in [0, 0.1) is 0 Å². The van der Waals surface area contributed by atoms with E-state index in [0.717, 1.165) is 0 Å². The zero-order valence-electron chi connectivity index (χ0n) is 3.10. The predicted octanol–water partition coefficient (Wildman–Crippen LogP) is -3.21. The summed E-state index contributed by atoms with van der Waals surface area (Å²) >= 11 is 0. The molecular weight excluding hydrogens is 173 g/mol. The molecule has 0 aliphatic rings. The largest absolute Gasteiger partial charge is 5.00 e. The molecule has 0 unspecified atom stereocenters. The van der Waals surface area contributed by atoms with Gasteiger partial charge in [0.2, 0.25) is 0 Å². The Labute approximate surface area is 63.2 Å². The summed E-state index contributed by atoms with van der Waals surface area (Å²) in [6, 6.07) is 0. The molecule has 0 N–H and O–H groups in total. The molecule has 0 aromatic rings. The SMILES string of the molecule is O=P([O-])([O-])[O-].[Al+3].[V+5]. The molecule has 0 spiro atoms. The average Bonchev–Trinajstić information content (AvgIpc) is 0.722. The van der Waals surface area contributed by atoms with Crippen molar-refractivity contribution in [3.05, 3.63) is 0 Å². The smallest absolute Gasteiger partial charge is 0.822 e. The first-order valence-corrected chi connectivity index (χ1v) is 2.19. The van der Waals surface area contributed by atoms with Crippen LogP contribution in [-0.2, 0) is 23.1 Å².